The molecule has 0 radical (unpaired) electrons. The van der Waals surface area contributed by atoms with Crippen LogP contribution in [0.1, 0.15) is 11.5 Å². The molecule has 35 heavy (non-hydrogen) atoms. The number of nitriles is 1. The zero-order valence-corrected chi connectivity index (χ0v) is 20.4. The minimum absolute atomic E-state index is 0.194. The Morgan fingerprint density at radius 1 is 1.09 bits per heavy atom. The molecule has 1 heterocycles. The number of nitrogens with two attached hydrogens (primary N) is 1. The summed E-state index contributed by atoms with van der Waals surface area (Å²) in [7, 11) is 2.09. The number of hydrogen-bond acceptors (Lipinski definition) is 8. The molecule has 2 aromatic carbocycles. The number of alkyl halides is 3. The summed E-state index contributed by atoms with van der Waals surface area (Å²) in [6.07, 6.45) is -5.08. The zero-order valence-electron chi connectivity index (χ0n) is 18.2. The third kappa shape index (κ3) is 5.19. The quantitative estimate of drug-likeness (QED) is 0.404. The summed E-state index contributed by atoms with van der Waals surface area (Å²) in [5, 5.41) is 9.99. The molecule has 0 aliphatic carbocycles. The lowest BCUT2D eigenvalue weighted by Crippen LogP contribution is -2.41. The van der Waals surface area contributed by atoms with Gasteiger partial charge in [-0.15, -0.1) is 13.2 Å². The van der Waals surface area contributed by atoms with Crippen LogP contribution in [0.25, 0.3) is 0 Å². The Hall–Kier alpha value is -3.73. The smallest absolute Gasteiger partial charge is 0.466 e. The first-order valence-electron chi connectivity index (χ1n) is 9.75. The maximum atomic E-state index is 13.2. The van der Waals surface area contributed by atoms with Gasteiger partial charge < -0.3 is 19.9 Å². The summed E-state index contributed by atoms with van der Waals surface area (Å²) in [6.45, 7) is 0. The van der Waals surface area contributed by atoms with E-state index in [0.29, 0.717) is 9.13 Å². The molecule has 0 fully saturated rings. The lowest BCUT2D eigenvalue weighted by atomic mass is 9.81. The zero-order chi connectivity index (χ0) is 25.9. The van der Waals surface area contributed by atoms with Crippen molar-refractivity contribution in [1.29, 1.82) is 5.26 Å². The predicted molar refractivity (Wildman–Crippen MR) is 125 cm³/mol. The minimum atomic E-state index is -5.08. The molecule has 0 amide bonds. The van der Waals surface area contributed by atoms with Crippen molar-refractivity contribution in [1.82, 2.24) is 0 Å². The number of esters is 2. The van der Waals surface area contributed by atoms with E-state index >= 15 is 0 Å². The van der Waals surface area contributed by atoms with Gasteiger partial charge in [0.05, 0.1) is 43.0 Å². The van der Waals surface area contributed by atoms with Crippen molar-refractivity contribution >= 4 is 40.2 Å². The Morgan fingerprint density at radius 2 is 1.71 bits per heavy atom. The van der Waals surface area contributed by atoms with Crippen molar-refractivity contribution in [3.8, 4) is 11.8 Å². The van der Waals surface area contributed by atoms with E-state index in [1.165, 1.54) is 12.1 Å². The second-order valence-electron chi connectivity index (χ2n) is 7.00. The average molecular weight is 599 g/mol. The second kappa shape index (κ2) is 10.3. The Bertz CT molecular complexity index is 1270. The Kier molecular flexibility index (Phi) is 7.59. The van der Waals surface area contributed by atoms with Gasteiger partial charge in [-0.05, 0) is 46.4 Å². The molecule has 0 spiro atoms. The van der Waals surface area contributed by atoms with Gasteiger partial charge in [0.1, 0.15) is 11.5 Å². The minimum Gasteiger partial charge on any atom is -0.466 e. The van der Waals surface area contributed by atoms with Gasteiger partial charge >= 0.3 is 18.3 Å². The van der Waals surface area contributed by atoms with Crippen LogP contribution in [0.3, 0.4) is 0 Å². The van der Waals surface area contributed by atoms with Crippen molar-refractivity contribution in [2.45, 2.75) is 12.3 Å². The molecule has 3 rings (SSSR count). The van der Waals surface area contributed by atoms with Crippen LogP contribution < -0.4 is 15.4 Å². The third-order valence-electron chi connectivity index (χ3n) is 5.00. The van der Waals surface area contributed by atoms with Gasteiger partial charge in [-0.25, -0.2) is 9.59 Å². The van der Waals surface area contributed by atoms with Crippen LogP contribution in [0.2, 0.25) is 0 Å². The van der Waals surface area contributed by atoms with E-state index in [9.17, 15) is 28.0 Å². The highest BCUT2D eigenvalue weighted by Crippen LogP contribution is 2.46. The first-order chi connectivity index (χ1) is 16.5. The van der Waals surface area contributed by atoms with E-state index in [0.717, 1.165) is 25.2 Å². The first-order valence-corrected chi connectivity index (χ1v) is 10.8. The van der Waals surface area contributed by atoms with Crippen LogP contribution in [-0.4, -0.2) is 32.5 Å². The fourth-order valence-corrected chi connectivity index (χ4v) is 4.11. The van der Waals surface area contributed by atoms with Crippen molar-refractivity contribution in [2.75, 3.05) is 19.1 Å². The number of hydrogen-bond donors (Lipinski definition) is 1. The molecule has 8 nitrogen and oxygen atoms in total. The van der Waals surface area contributed by atoms with Gasteiger partial charge in [0, 0.05) is 3.57 Å². The number of carbonyl (C=O) groups excluding carboxylic acids is 2. The lowest BCUT2D eigenvalue weighted by molar-refractivity contribution is -0.274. The molecule has 182 valence electrons. The number of methoxy groups -OCH3 is 2. The summed E-state index contributed by atoms with van der Waals surface area (Å²) in [6, 6.07) is 13.8. The maximum absolute atomic E-state index is 13.2. The van der Waals surface area contributed by atoms with E-state index in [2.05, 4.69) is 4.74 Å². The first kappa shape index (κ1) is 25.9. The molecule has 12 heteroatoms. The monoisotopic (exact) mass is 599 g/mol. The molecule has 0 aromatic heterocycles. The topological polar surface area (TPSA) is 115 Å². The van der Waals surface area contributed by atoms with E-state index < -0.39 is 35.7 Å². The van der Waals surface area contributed by atoms with E-state index in [-0.39, 0.29) is 22.7 Å². The molecule has 1 unspecified atom stereocenters. The van der Waals surface area contributed by atoms with Crippen LogP contribution in [-0.2, 0) is 19.1 Å². The number of anilines is 1. The summed E-state index contributed by atoms with van der Waals surface area (Å²) in [5.74, 6) is -4.36. The highest BCUT2D eigenvalue weighted by molar-refractivity contribution is 14.1. The fraction of sp³-hybridized carbons (Fsp3) is 0.174. The highest BCUT2D eigenvalue weighted by Gasteiger charge is 2.44. The Labute approximate surface area is 211 Å². The summed E-state index contributed by atoms with van der Waals surface area (Å²) < 4.78 is 53.9. The average Bonchev–Trinajstić information content (AvgIpc) is 2.82. The number of benzene rings is 2. The Balaban J connectivity index is 2.44. The third-order valence-corrected chi connectivity index (χ3v) is 5.67. The molecule has 2 N–H and O–H groups in total. The molecule has 0 saturated heterocycles. The van der Waals surface area contributed by atoms with Crippen LogP contribution in [0.4, 0.5) is 18.9 Å². The number of ether oxygens (including phenoxy) is 3. The highest BCUT2D eigenvalue weighted by atomic mass is 127. The summed E-state index contributed by atoms with van der Waals surface area (Å²) in [5.41, 5.74) is 5.32. The SMILES string of the molecule is COC(=O)C1=C(C(=O)OC)N(c2ccc(I)cc2OC(F)(F)F)C(N)=C(C#N)C1c1ccccc1. The van der Waals surface area contributed by atoms with Gasteiger partial charge in [0.25, 0.3) is 0 Å². The van der Waals surface area contributed by atoms with Crippen LogP contribution in [0.15, 0.2) is 71.2 Å². The number of rotatable bonds is 5. The predicted octanol–water partition coefficient (Wildman–Crippen LogP) is 4.09. The van der Waals surface area contributed by atoms with Gasteiger partial charge in [0.15, 0.2) is 5.75 Å². The number of nitrogens with zero attached hydrogens (tertiary/aromatic N) is 2. The van der Waals surface area contributed by atoms with Crippen molar-refractivity contribution in [3.05, 3.63) is 80.3 Å². The second-order valence-corrected chi connectivity index (χ2v) is 8.24. The Morgan fingerprint density at radius 3 is 2.26 bits per heavy atom. The standard InChI is InChI=1S/C23H17F3IN3O5/c1-33-21(31)18-17(12-6-4-3-5-7-12)14(11-28)20(29)30(19(18)22(32)34-2)15-9-8-13(27)10-16(15)35-23(24,25)26/h3-10,17H,29H2,1-2H3. The maximum Gasteiger partial charge on any atom is 0.573 e. The molecular formula is C23H17F3IN3O5. The van der Waals surface area contributed by atoms with Crippen LogP contribution in [0.5, 0.6) is 5.75 Å². The molecule has 0 saturated carbocycles. The molecule has 1 aliphatic heterocycles. The molecule has 2 aromatic rings. The number of halogens is 4. The van der Waals surface area contributed by atoms with Crippen LogP contribution in [0, 0.1) is 14.9 Å². The largest absolute Gasteiger partial charge is 0.573 e. The van der Waals surface area contributed by atoms with Crippen LogP contribution >= 0.6 is 22.6 Å². The van der Waals surface area contributed by atoms with E-state index in [4.69, 9.17) is 15.2 Å². The van der Waals surface area contributed by atoms with Crippen molar-refractivity contribution < 1.29 is 37.0 Å². The van der Waals surface area contributed by atoms with Crippen molar-refractivity contribution in [2.24, 2.45) is 5.73 Å². The molecule has 1 atom stereocenters. The van der Waals surface area contributed by atoms with E-state index in [1.54, 1.807) is 52.9 Å². The molecule has 1 aliphatic rings. The van der Waals surface area contributed by atoms with Crippen molar-refractivity contribution in [3.63, 3.8) is 0 Å². The van der Waals surface area contributed by atoms with E-state index in [1.807, 2.05) is 6.07 Å². The van der Waals surface area contributed by atoms with Gasteiger partial charge in [-0.2, -0.15) is 5.26 Å². The molecule has 0 bridgehead atoms. The van der Waals surface area contributed by atoms with Gasteiger partial charge in [-0.3, -0.25) is 4.90 Å². The van der Waals surface area contributed by atoms with Gasteiger partial charge in [-0.1, -0.05) is 30.3 Å². The number of carbonyl (C=O) groups is 2. The summed E-state index contributed by atoms with van der Waals surface area (Å²) in [4.78, 5) is 26.8. The fourth-order valence-electron chi connectivity index (χ4n) is 3.64. The lowest BCUT2D eigenvalue weighted by Gasteiger charge is -2.36. The normalized spacial score (nSPS) is 16.0. The van der Waals surface area contributed by atoms with Gasteiger partial charge in [0.2, 0.25) is 0 Å². The molecular weight excluding hydrogens is 582 g/mol. The number of allylic oxidation sites excluding steroid dienone is 1. The summed E-state index contributed by atoms with van der Waals surface area (Å²) >= 11 is 1.78.